The molecule has 0 bridgehead atoms. The van der Waals surface area contributed by atoms with Crippen molar-refractivity contribution < 1.29 is 19.8 Å². The number of aliphatic carboxylic acids is 1. The number of ketones is 1. The van der Waals surface area contributed by atoms with Crippen molar-refractivity contribution in [3.63, 3.8) is 0 Å². The summed E-state index contributed by atoms with van der Waals surface area (Å²) in [4.78, 5) is 22.1. The van der Waals surface area contributed by atoms with E-state index < -0.39 is 12.1 Å². The van der Waals surface area contributed by atoms with Gasteiger partial charge in [0, 0.05) is 6.42 Å². The summed E-state index contributed by atoms with van der Waals surface area (Å²) in [6, 6.07) is 5.08. The maximum Gasteiger partial charge on any atom is 0.337 e. The van der Waals surface area contributed by atoms with E-state index in [9.17, 15) is 14.7 Å². The van der Waals surface area contributed by atoms with Crippen LogP contribution >= 0.6 is 15.9 Å². The molecule has 0 aromatic heterocycles. The molecule has 0 radical (unpaired) electrons. The first kappa shape index (κ1) is 14.9. The maximum atomic E-state index is 11.4. The van der Waals surface area contributed by atoms with Gasteiger partial charge in [0.1, 0.15) is 5.78 Å². The Hall–Kier alpha value is -1.20. The topological polar surface area (TPSA) is 74.6 Å². The molecule has 1 rings (SSSR count). The molecule has 0 amide bonds. The third kappa shape index (κ3) is 3.92. The molecule has 5 heteroatoms. The second-order valence-electron chi connectivity index (χ2n) is 4.03. The Labute approximate surface area is 114 Å². The molecule has 0 spiro atoms. The van der Waals surface area contributed by atoms with Crippen molar-refractivity contribution in [2.75, 3.05) is 5.33 Å². The van der Waals surface area contributed by atoms with Gasteiger partial charge in [-0.3, -0.25) is 4.79 Å². The molecular weight excluding hydrogens is 300 g/mol. The number of hydrogen-bond acceptors (Lipinski definition) is 3. The summed E-state index contributed by atoms with van der Waals surface area (Å²) < 4.78 is 0. The third-order valence-electron chi connectivity index (χ3n) is 2.58. The summed E-state index contributed by atoms with van der Waals surface area (Å²) in [6.07, 6.45) is -0.594. The molecule has 0 fully saturated rings. The van der Waals surface area contributed by atoms with Crippen LogP contribution in [0.2, 0.25) is 0 Å². The average Bonchev–Trinajstić information content (AvgIpc) is 2.36. The molecule has 1 atom stereocenters. The standard InChI is InChI=1S/C13H15BrO4/c1-2-8-3-9(6-11(15)7-14)5-10(4-8)12(16)13(17)18/h3-5,12,16H,2,6-7H2,1H3,(H,17,18). The lowest BCUT2D eigenvalue weighted by Gasteiger charge is -2.10. The van der Waals surface area contributed by atoms with Gasteiger partial charge in [0.15, 0.2) is 6.10 Å². The van der Waals surface area contributed by atoms with Crippen LogP contribution in [0.15, 0.2) is 18.2 Å². The van der Waals surface area contributed by atoms with E-state index in [2.05, 4.69) is 15.9 Å². The molecule has 18 heavy (non-hydrogen) atoms. The quantitative estimate of drug-likeness (QED) is 0.786. The molecule has 1 aromatic rings. The fourth-order valence-electron chi connectivity index (χ4n) is 1.67. The lowest BCUT2D eigenvalue weighted by atomic mass is 9.98. The lowest BCUT2D eigenvalue weighted by Crippen LogP contribution is -2.12. The van der Waals surface area contributed by atoms with Crippen LogP contribution in [0.4, 0.5) is 0 Å². The summed E-state index contributed by atoms with van der Waals surface area (Å²) >= 11 is 3.09. The molecule has 98 valence electrons. The molecule has 0 aliphatic carbocycles. The maximum absolute atomic E-state index is 11.4. The second kappa shape index (κ2) is 6.66. The summed E-state index contributed by atoms with van der Waals surface area (Å²) in [5.41, 5.74) is 1.96. The van der Waals surface area contributed by atoms with Gasteiger partial charge in [0.05, 0.1) is 5.33 Å². The minimum atomic E-state index is -1.55. The monoisotopic (exact) mass is 314 g/mol. The number of benzene rings is 1. The van der Waals surface area contributed by atoms with Gasteiger partial charge < -0.3 is 10.2 Å². The van der Waals surface area contributed by atoms with Crippen molar-refractivity contribution in [2.45, 2.75) is 25.9 Å². The smallest absolute Gasteiger partial charge is 0.337 e. The highest BCUT2D eigenvalue weighted by Crippen LogP contribution is 2.19. The summed E-state index contributed by atoms with van der Waals surface area (Å²) in [6.45, 7) is 1.93. The van der Waals surface area contributed by atoms with Crippen LogP contribution in [-0.4, -0.2) is 27.3 Å². The molecule has 1 unspecified atom stereocenters. The second-order valence-corrected chi connectivity index (χ2v) is 4.59. The molecule has 0 saturated heterocycles. The number of carbonyl (C=O) groups excluding carboxylic acids is 1. The Morgan fingerprint density at radius 3 is 2.39 bits per heavy atom. The Bertz CT molecular complexity index is 456. The van der Waals surface area contributed by atoms with Crippen molar-refractivity contribution in [1.82, 2.24) is 0 Å². The Balaban J connectivity index is 3.08. The van der Waals surface area contributed by atoms with E-state index in [1.165, 1.54) is 0 Å². The highest BCUT2D eigenvalue weighted by atomic mass is 79.9. The van der Waals surface area contributed by atoms with E-state index in [1.54, 1.807) is 12.1 Å². The number of alkyl halides is 1. The minimum absolute atomic E-state index is 0.0130. The van der Waals surface area contributed by atoms with Gasteiger partial charge in [-0.25, -0.2) is 4.79 Å². The number of carboxylic acid groups (broad SMARTS) is 1. The van der Waals surface area contributed by atoms with Crippen LogP contribution in [0, 0.1) is 0 Å². The van der Waals surface area contributed by atoms with Crippen molar-refractivity contribution in [1.29, 1.82) is 0 Å². The third-order valence-corrected chi connectivity index (χ3v) is 3.21. The number of halogens is 1. The normalized spacial score (nSPS) is 12.2. The van der Waals surface area contributed by atoms with Gasteiger partial charge >= 0.3 is 5.97 Å². The van der Waals surface area contributed by atoms with Crippen molar-refractivity contribution >= 4 is 27.7 Å². The molecule has 0 heterocycles. The number of aryl methyl sites for hydroxylation is 1. The van der Waals surface area contributed by atoms with Gasteiger partial charge in [-0.1, -0.05) is 41.1 Å². The van der Waals surface area contributed by atoms with Crippen LogP contribution in [0.25, 0.3) is 0 Å². The molecule has 0 aliphatic rings. The Morgan fingerprint density at radius 1 is 1.28 bits per heavy atom. The number of carboxylic acids is 1. The SMILES string of the molecule is CCc1cc(CC(=O)CBr)cc(C(O)C(=O)O)c1. The van der Waals surface area contributed by atoms with Crippen molar-refractivity contribution in [2.24, 2.45) is 0 Å². The summed E-state index contributed by atoms with van der Waals surface area (Å²) in [5.74, 6) is -1.28. The molecule has 4 nitrogen and oxygen atoms in total. The number of Topliss-reactive ketones (excluding diaryl/α,β-unsaturated/α-hetero) is 1. The zero-order valence-corrected chi connectivity index (χ0v) is 11.6. The van der Waals surface area contributed by atoms with Gasteiger partial charge in [-0.2, -0.15) is 0 Å². The fourth-order valence-corrected chi connectivity index (χ4v) is 1.87. The van der Waals surface area contributed by atoms with Crippen LogP contribution < -0.4 is 0 Å². The molecule has 1 aromatic carbocycles. The van der Waals surface area contributed by atoms with E-state index in [4.69, 9.17) is 5.11 Å². The van der Waals surface area contributed by atoms with Gasteiger partial charge in [0.2, 0.25) is 0 Å². The lowest BCUT2D eigenvalue weighted by molar-refractivity contribution is -0.146. The largest absolute Gasteiger partial charge is 0.479 e. The number of hydrogen-bond donors (Lipinski definition) is 2. The first-order valence-corrected chi connectivity index (χ1v) is 6.71. The molecule has 2 N–H and O–H groups in total. The van der Waals surface area contributed by atoms with E-state index >= 15 is 0 Å². The highest BCUT2D eigenvalue weighted by Gasteiger charge is 2.17. The summed E-state index contributed by atoms with van der Waals surface area (Å²) in [7, 11) is 0. The van der Waals surface area contributed by atoms with Crippen molar-refractivity contribution in [3.8, 4) is 0 Å². The average molecular weight is 315 g/mol. The van der Waals surface area contributed by atoms with Crippen LogP contribution in [0.1, 0.15) is 29.7 Å². The highest BCUT2D eigenvalue weighted by molar-refractivity contribution is 9.09. The van der Waals surface area contributed by atoms with E-state index in [-0.39, 0.29) is 17.5 Å². The Kier molecular flexibility index (Phi) is 5.50. The van der Waals surface area contributed by atoms with Crippen molar-refractivity contribution in [3.05, 3.63) is 34.9 Å². The van der Waals surface area contributed by atoms with E-state index in [0.717, 1.165) is 17.5 Å². The predicted molar refractivity (Wildman–Crippen MR) is 70.9 cm³/mol. The zero-order valence-electron chi connectivity index (χ0n) is 10.0. The van der Waals surface area contributed by atoms with Crippen LogP contribution in [0.5, 0.6) is 0 Å². The van der Waals surface area contributed by atoms with Gasteiger partial charge in [0.25, 0.3) is 0 Å². The number of aliphatic hydroxyl groups is 1. The first-order valence-electron chi connectivity index (χ1n) is 5.59. The predicted octanol–water partition coefficient (Wildman–Crippen LogP) is 1.87. The van der Waals surface area contributed by atoms with Crippen LogP contribution in [0.3, 0.4) is 0 Å². The first-order chi connectivity index (χ1) is 8.47. The molecule has 0 aliphatic heterocycles. The van der Waals surface area contributed by atoms with Gasteiger partial charge in [-0.05, 0) is 23.1 Å². The number of carbonyl (C=O) groups is 2. The number of rotatable bonds is 6. The molecule has 0 saturated carbocycles. The van der Waals surface area contributed by atoms with Crippen LogP contribution in [-0.2, 0) is 22.4 Å². The van der Waals surface area contributed by atoms with E-state index in [0.29, 0.717) is 5.56 Å². The molecular formula is C13H15BrO4. The summed E-state index contributed by atoms with van der Waals surface area (Å²) in [5, 5.41) is 18.6. The van der Waals surface area contributed by atoms with Gasteiger partial charge in [-0.15, -0.1) is 0 Å². The minimum Gasteiger partial charge on any atom is -0.479 e. The fraction of sp³-hybridized carbons (Fsp3) is 0.385. The van der Waals surface area contributed by atoms with E-state index in [1.807, 2.05) is 13.0 Å². The zero-order chi connectivity index (χ0) is 13.7. The Morgan fingerprint density at radius 2 is 1.89 bits per heavy atom. The number of aliphatic hydroxyl groups excluding tert-OH is 1.